The van der Waals surface area contributed by atoms with E-state index in [1.807, 2.05) is 25.7 Å². The third-order valence-corrected chi connectivity index (χ3v) is 4.65. The molecule has 0 spiro atoms. The van der Waals surface area contributed by atoms with Gasteiger partial charge in [-0.3, -0.25) is 0 Å². The lowest BCUT2D eigenvalue weighted by atomic mass is 9.67. The Morgan fingerprint density at radius 3 is 2.30 bits per heavy atom. The Bertz CT molecular complexity index is 380. The summed E-state index contributed by atoms with van der Waals surface area (Å²) in [6.07, 6.45) is 5.14. The molecule has 1 aliphatic heterocycles. The average molecular weight is 282 g/mol. The molecular formula is C16H30N2O2. The third kappa shape index (κ3) is 3.27. The van der Waals surface area contributed by atoms with Crippen molar-refractivity contribution in [2.24, 2.45) is 11.1 Å². The summed E-state index contributed by atoms with van der Waals surface area (Å²) in [5, 5.41) is 0. The van der Waals surface area contributed by atoms with Gasteiger partial charge in [0.15, 0.2) is 0 Å². The minimum Gasteiger partial charge on any atom is -0.444 e. The van der Waals surface area contributed by atoms with E-state index in [0.29, 0.717) is 0 Å². The number of carbonyl (C=O) groups is 1. The molecule has 2 fully saturated rings. The van der Waals surface area contributed by atoms with Crippen LogP contribution in [0.25, 0.3) is 0 Å². The van der Waals surface area contributed by atoms with Gasteiger partial charge in [-0.05, 0) is 58.3 Å². The Kier molecular flexibility index (Phi) is 3.83. The van der Waals surface area contributed by atoms with Crippen LogP contribution >= 0.6 is 0 Å². The average Bonchev–Trinajstić information content (AvgIpc) is 2.22. The molecule has 2 rings (SSSR count). The molecule has 0 aromatic carbocycles. The summed E-state index contributed by atoms with van der Waals surface area (Å²) < 4.78 is 5.60. The van der Waals surface area contributed by atoms with Crippen LogP contribution in [0.4, 0.5) is 4.79 Å². The van der Waals surface area contributed by atoms with Gasteiger partial charge in [-0.2, -0.15) is 0 Å². The predicted molar refractivity (Wildman–Crippen MR) is 80.5 cm³/mol. The molecule has 0 radical (unpaired) electrons. The zero-order valence-electron chi connectivity index (χ0n) is 13.7. The summed E-state index contributed by atoms with van der Waals surface area (Å²) in [7, 11) is 0. The SMILES string of the molecule is CC1(C)CCC(C2(N)CCC2)N(C(=O)OC(C)(C)C)C1. The van der Waals surface area contributed by atoms with Crippen molar-refractivity contribution >= 4 is 6.09 Å². The van der Waals surface area contributed by atoms with E-state index >= 15 is 0 Å². The molecule has 1 atom stereocenters. The normalized spacial score (nSPS) is 28.7. The van der Waals surface area contributed by atoms with Crippen molar-refractivity contribution in [2.45, 2.75) is 83.9 Å². The molecule has 4 heteroatoms. The highest BCUT2D eigenvalue weighted by Gasteiger charge is 2.49. The van der Waals surface area contributed by atoms with E-state index in [9.17, 15) is 4.79 Å². The van der Waals surface area contributed by atoms with Crippen LogP contribution in [0.5, 0.6) is 0 Å². The first-order chi connectivity index (χ1) is 9.03. The maximum absolute atomic E-state index is 12.5. The molecule has 116 valence electrons. The third-order valence-electron chi connectivity index (χ3n) is 4.65. The second kappa shape index (κ2) is 4.90. The molecule has 1 unspecified atom stereocenters. The highest BCUT2D eigenvalue weighted by Crippen LogP contribution is 2.42. The number of piperidine rings is 1. The lowest BCUT2D eigenvalue weighted by molar-refractivity contribution is -0.0342. The molecule has 4 nitrogen and oxygen atoms in total. The maximum atomic E-state index is 12.5. The van der Waals surface area contributed by atoms with Gasteiger partial charge >= 0.3 is 6.09 Å². The van der Waals surface area contributed by atoms with E-state index in [-0.39, 0.29) is 23.1 Å². The highest BCUT2D eigenvalue weighted by molar-refractivity contribution is 5.69. The summed E-state index contributed by atoms with van der Waals surface area (Å²) in [5.41, 5.74) is 6.01. The fourth-order valence-electron chi connectivity index (χ4n) is 3.36. The van der Waals surface area contributed by atoms with Crippen molar-refractivity contribution in [2.75, 3.05) is 6.54 Å². The summed E-state index contributed by atoms with van der Waals surface area (Å²) >= 11 is 0. The van der Waals surface area contributed by atoms with Crippen molar-refractivity contribution in [3.8, 4) is 0 Å². The first kappa shape index (κ1) is 15.6. The van der Waals surface area contributed by atoms with Gasteiger partial charge in [-0.1, -0.05) is 13.8 Å². The van der Waals surface area contributed by atoms with Crippen molar-refractivity contribution in [1.29, 1.82) is 0 Å². The van der Waals surface area contributed by atoms with E-state index in [1.165, 1.54) is 6.42 Å². The second-order valence-electron chi connectivity index (χ2n) is 8.41. The Morgan fingerprint density at radius 2 is 1.85 bits per heavy atom. The Labute approximate surface area is 123 Å². The van der Waals surface area contributed by atoms with Crippen molar-refractivity contribution in [1.82, 2.24) is 4.90 Å². The molecule has 1 aliphatic carbocycles. The first-order valence-corrected chi connectivity index (χ1v) is 7.81. The lowest BCUT2D eigenvalue weighted by Crippen LogP contribution is -2.66. The van der Waals surface area contributed by atoms with Crippen LogP contribution in [0.1, 0.15) is 66.7 Å². The van der Waals surface area contributed by atoms with E-state index in [0.717, 1.165) is 32.2 Å². The van der Waals surface area contributed by atoms with E-state index < -0.39 is 5.60 Å². The summed E-state index contributed by atoms with van der Waals surface area (Å²) in [5.74, 6) is 0. The highest BCUT2D eigenvalue weighted by atomic mass is 16.6. The predicted octanol–water partition coefficient (Wildman–Crippen LogP) is 3.29. The van der Waals surface area contributed by atoms with Gasteiger partial charge < -0.3 is 15.4 Å². The molecular weight excluding hydrogens is 252 g/mol. The molecule has 20 heavy (non-hydrogen) atoms. The van der Waals surface area contributed by atoms with Gasteiger partial charge in [0.2, 0.25) is 0 Å². The standard InChI is InChI=1S/C16H30N2O2/c1-14(2,3)20-13(19)18-11-15(4,5)10-7-12(18)16(17)8-6-9-16/h12H,6-11,17H2,1-5H3. The quantitative estimate of drug-likeness (QED) is 0.803. The van der Waals surface area contributed by atoms with Gasteiger partial charge in [-0.25, -0.2) is 4.79 Å². The molecule has 2 aliphatic rings. The Hall–Kier alpha value is -0.770. The molecule has 1 amide bonds. The molecule has 0 aromatic heterocycles. The van der Waals surface area contributed by atoms with Crippen LogP contribution in [0.2, 0.25) is 0 Å². The van der Waals surface area contributed by atoms with Crippen LogP contribution in [0.15, 0.2) is 0 Å². The smallest absolute Gasteiger partial charge is 0.410 e. The van der Waals surface area contributed by atoms with Crippen molar-refractivity contribution in [3.63, 3.8) is 0 Å². The minimum absolute atomic E-state index is 0.138. The number of hydrogen-bond donors (Lipinski definition) is 1. The van der Waals surface area contributed by atoms with Crippen LogP contribution in [-0.4, -0.2) is 34.7 Å². The number of carbonyl (C=O) groups excluding carboxylic acids is 1. The molecule has 1 heterocycles. The maximum Gasteiger partial charge on any atom is 0.410 e. The van der Waals surface area contributed by atoms with Crippen LogP contribution in [0, 0.1) is 5.41 Å². The molecule has 2 N–H and O–H groups in total. The van der Waals surface area contributed by atoms with Gasteiger partial charge in [-0.15, -0.1) is 0 Å². The molecule has 0 bridgehead atoms. The number of nitrogens with two attached hydrogens (primary N) is 1. The topological polar surface area (TPSA) is 55.6 Å². The molecule has 1 saturated carbocycles. The molecule has 0 aromatic rings. The zero-order chi connectivity index (χ0) is 15.2. The monoisotopic (exact) mass is 282 g/mol. The summed E-state index contributed by atoms with van der Waals surface area (Å²) in [6, 6.07) is 0.138. The van der Waals surface area contributed by atoms with Crippen LogP contribution in [-0.2, 0) is 4.74 Å². The number of nitrogens with zero attached hydrogens (tertiary/aromatic N) is 1. The van der Waals surface area contributed by atoms with E-state index in [2.05, 4.69) is 13.8 Å². The van der Waals surface area contributed by atoms with E-state index in [4.69, 9.17) is 10.5 Å². The fourth-order valence-corrected chi connectivity index (χ4v) is 3.36. The minimum atomic E-state index is -0.454. The summed E-state index contributed by atoms with van der Waals surface area (Å²) in [4.78, 5) is 14.5. The van der Waals surface area contributed by atoms with Gasteiger partial charge in [0, 0.05) is 12.1 Å². The number of likely N-dealkylation sites (tertiary alicyclic amines) is 1. The lowest BCUT2D eigenvalue weighted by Gasteiger charge is -2.54. The van der Waals surface area contributed by atoms with Crippen molar-refractivity contribution in [3.05, 3.63) is 0 Å². The van der Waals surface area contributed by atoms with Crippen molar-refractivity contribution < 1.29 is 9.53 Å². The van der Waals surface area contributed by atoms with E-state index in [1.54, 1.807) is 0 Å². The van der Waals surface area contributed by atoms with Gasteiger partial charge in [0.05, 0.1) is 6.04 Å². The second-order valence-corrected chi connectivity index (χ2v) is 8.41. The zero-order valence-corrected chi connectivity index (χ0v) is 13.7. The summed E-state index contributed by atoms with van der Waals surface area (Å²) in [6.45, 7) is 10.9. The largest absolute Gasteiger partial charge is 0.444 e. The van der Waals surface area contributed by atoms with Gasteiger partial charge in [0.1, 0.15) is 5.60 Å². The Morgan fingerprint density at radius 1 is 1.25 bits per heavy atom. The van der Waals surface area contributed by atoms with Crippen LogP contribution in [0.3, 0.4) is 0 Å². The number of hydrogen-bond acceptors (Lipinski definition) is 3. The fraction of sp³-hybridized carbons (Fsp3) is 0.938. The first-order valence-electron chi connectivity index (χ1n) is 7.81. The molecule has 1 saturated heterocycles. The Balaban J connectivity index is 2.16. The number of ether oxygens (including phenoxy) is 1. The van der Waals surface area contributed by atoms with Gasteiger partial charge in [0.25, 0.3) is 0 Å². The van der Waals surface area contributed by atoms with Crippen LogP contribution < -0.4 is 5.73 Å². The number of amides is 1. The number of rotatable bonds is 1.